The van der Waals surface area contributed by atoms with Gasteiger partial charge in [0.05, 0.1) is 0 Å². The van der Waals surface area contributed by atoms with Crippen LogP contribution >= 0.6 is 0 Å². The fraction of sp³-hybridized carbons (Fsp3) is 0.529. The number of benzene rings is 1. The summed E-state index contributed by atoms with van der Waals surface area (Å²) >= 11 is 0. The van der Waals surface area contributed by atoms with Gasteiger partial charge in [-0.1, -0.05) is 44.2 Å². The molecule has 1 aromatic carbocycles. The topological polar surface area (TPSA) is 49.4 Å². The van der Waals surface area contributed by atoms with E-state index in [1.54, 1.807) is 11.8 Å². The SMILES string of the molecule is CC(=O)N(Cc1ccccc1)[C@H](C)C(=O)NCCC(C)C. The lowest BCUT2D eigenvalue weighted by molar-refractivity contribution is -0.139. The third-order valence-electron chi connectivity index (χ3n) is 3.47. The normalized spacial score (nSPS) is 12.0. The van der Waals surface area contributed by atoms with E-state index in [2.05, 4.69) is 19.2 Å². The maximum absolute atomic E-state index is 12.2. The summed E-state index contributed by atoms with van der Waals surface area (Å²) in [6.07, 6.45) is 0.942. The van der Waals surface area contributed by atoms with Crippen LogP contribution in [0.3, 0.4) is 0 Å². The Balaban J connectivity index is 2.63. The smallest absolute Gasteiger partial charge is 0.242 e. The Morgan fingerprint density at radius 1 is 1.14 bits per heavy atom. The average Bonchev–Trinajstić information content (AvgIpc) is 2.44. The second-order valence-electron chi connectivity index (χ2n) is 5.78. The minimum Gasteiger partial charge on any atom is -0.354 e. The van der Waals surface area contributed by atoms with Crippen molar-refractivity contribution in [3.05, 3.63) is 35.9 Å². The van der Waals surface area contributed by atoms with Crippen molar-refractivity contribution >= 4 is 11.8 Å². The van der Waals surface area contributed by atoms with E-state index in [1.165, 1.54) is 6.92 Å². The molecule has 0 unspecified atom stereocenters. The molecule has 0 spiro atoms. The molecule has 2 amide bonds. The van der Waals surface area contributed by atoms with Gasteiger partial charge in [0.1, 0.15) is 6.04 Å². The third kappa shape index (κ3) is 5.98. The summed E-state index contributed by atoms with van der Waals surface area (Å²) in [6, 6.07) is 9.25. The van der Waals surface area contributed by atoms with Crippen LogP contribution < -0.4 is 5.32 Å². The first-order valence-corrected chi connectivity index (χ1v) is 7.50. The molecule has 1 atom stereocenters. The Bertz CT molecular complexity index is 457. The molecule has 1 N–H and O–H groups in total. The standard InChI is InChI=1S/C17H26N2O2/c1-13(2)10-11-18-17(21)14(3)19(15(4)20)12-16-8-6-5-7-9-16/h5-9,13-14H,10-12H2,1-4H3,(H,18,21)/t14-/m1/s1. The van der Waals surface area contributed by atoms with Gasteiger partial charge >= 0.3 is 0 Å². The second-order valence-corrected chi connectivity index (χ2v) is 5.78. The zero-order chi connectivity index (χ0) is 15.8. The lowest BCUT2D eigenvalue weighted by Gasteiger charge is -2.27. The van der Waals surface area contributed by atoms with Crippen molar-refractivity contribution < 1.29 is 9.59 Å². The van der Waals surface area contributed by atoms with Gasteiger partial charge in [0, 0.05) is 20.0 Å². The molecule has 0 saturated carbocycles. The third-order valence-corrected chi connectivity index (χ3v) is 3.47. The van der Waals surface area contributed by atoms with Crippen LogP contribution in [-0.4, -0.2) is 29.3 Å². The van der Waals surface area contributed by atoms with Crippen LogP contribution in [0.15, 0.2) is 30.3 Å². The van der Waals surface area contributed by atoms with Crippen molar-refractivity contribution in [1.29, 1.82) is 0 Å². The van der Waals surface area contributed by atoms with Crippen molar-refractivity contribution in [3.63, 3.8) is 0 Å². The summed E-state index contributed by atoms with van der Waals surface area (Å²) in [5.74, 6) is 0.362. The highest BCUT2D eigenvalue weighted by Gasteiger charge is 2.23. The van der Waals surface area contributed by atoms with Crippen LogP contribution in [0.5, 0.6) is 0 Å². The highest BCUT2D eigenvalue weighted by molar-refractivity contribution is 5.86. The predicted molar refractivity (Wildman–Crippen MR) is 84.6 cm³/mol. The molecule has 1 rings (SSSR count). The zero-order valence-electron chi connectivity index (χ0n) is 13.4. The Labute approximate surface area is 127 Å². The molecule has 0 bridgehead atoms. The molecule has 21 heavy (non-hydrogen) atoms. The molecule has 0 fully saturated rings. The van der Waals surface area contributed by atoms with E-state index in [0.29, 0.717) is 19.0 Å². The van der Waals surface area contributed by atoms with Crippen molar-refractivity contribution in [1.82, 2.24) is 10.2 Å². The second kappa shape index (κ2) is 8.45. The molecule has 0 heterocycles. The van der Waals surface area contributed by atoms with E-state index < -0.39 is 6.04 Å². The van der Waals surface area contributed by atoms with Crippen molar-refractivity contribution in [2.24, 2.45) is 5.92 Å². The summed E-state index contributed by atoms with van der Waals surface area (Å²) in [4.78, 5) is 25.6. The van der Waals surface area contributed by atoms with Gasteiger partial charge in [-0.05, 0) is 24.8 Å². The van der Waals surface area contributed by atoms with E-state index in [4.69, 9.17) is 0 Å². The Hall–Kier alpha value is -1.84. The molecule has 4 heteroatoms. The lowest BCUT2D eigenvalue weighted by atomic mass is 10.1. The zero-order valence-corrected chi connectivity index (χ0v) is 13.4. The summed E-state index contributed by atoms with van der Waals surface area (Å²) in [5, 5.41) is 2.90. The first-order valence-electron chi connectivity index (χ1n) is 7.50. The van der Waals surface area contributed by atoms with Gasteiger partial charge in [0.15, 0.2) is 0 Å². The number of carbonyl (C=O) groups excluding carboxylic acids is 2. The van der Waals surface area contributed by atoms with Gasteiger partial charge in [-0.3, -0.25) is 9.59 Å². The highest BCUT2D eigenvalue weighted by Crippen LogP contribution is 2.09. The molecule has 0 aliphatic heterocycles. The van der Waals surface area contributed by atoms with Crippen molar-refractivity contribution in [2.45, 2.75) is 46.7 Å². The number of hydrogen-bond donors (Lipinski definition) is 1. The Morgan fingerprint density at radius 3 is 2.29 bits per heavy atom. The number of nitrogens with one attached hydrogen (secondary N) is 1. The number of carbonyl (C=O) groups is 2. The predicted octanol–water partition coefficient (Wildman–Crippen LogP) is 2.59. The minimum atomic E-state index is -0.463. The maximum atomic E-state index is 12.2. The summed E-state index contributed by atoms with van der Waals surface area (Å²) in [5.41, 5.74) is 1.02. The van der Waals surface area contributed by atoms with Gasteiger partial charge in [-0.2, -0.15) is 0 Å². The molecule has 0 radical (unpaired) electrons. The molecule has 116 valence electrons. The van der Waals surface area contributed by atoms with Gasteiger partial charge in [0.25, 0.3) is 0 Å². The van der Waals surface area contributed by atoms with Gasteiger partial charge in [-0.15, -0.1) is 0 Å². The average molecular weight is 290 g/mol. The molecule has 0 aromatic heterocycles. The molecular formula is C17H26N2O2. The molecule has 0 aliphatic rings. The number of hydrogen-bond acceptors (Lipinski definition) is 2. The first-order chi connectivity index (χ1) is 9.91. The summed E-state index contributed by atoms with van der Waals surface area (Å²) in [6.45, 7) is 8.61. The molecular weight excluding hydrogens is 264 g/mol. The molecule has 1 aromatic rings. The maximum Gasteiger partial charge on any atom is 0.242 e. The Kier molecular flexibility index (Phi) is 6.92. The number of nitrogens with zero attached hydrogens (tertiary/aromatic N) is 1. The molecule has 0 aliphatic carbocycles. The molecule has 0 saturated heterocycles. The quantitative estimate of drug-likeness (QED) is 0.839. The van der Waals surface area contributed by atoms with Crippen LogP contribution in [0.25, 0.3) is 0 Å². The van der Waals surface area contributed by atoms with Crippen LogP contribution in [-0.2, 0) is 16.1 Å². The summed E-state index contributed by atoms with van der Waals surface area (Å²) in [7, 11) is 0. The van der Waals surface area contributed by atoms with Gasteiger partial charge in [-0.25, -0.2) is 0 Å². The van der Waals surface area contributed by atoms with Gasteiger partial charge in [0.2, 0.25) is 11.8 Å². The number of amides is 2. The van der Waals surface area contributed by atoms with Gasteiger partial charge < -0.3 is 10.2 Å². The lowest BCUT2D eigenvalue weighted by Crippen LogP contribution is -2.47. The van der Waals surface area contributed by atoms with E-state index in [9.17, 15) is 9.59 Å². The van der Waals surface area contributed by atoms with E-state index in [1.807, 2.05) is 30.3 Å². The van der Waals surface area contributed by atoms with E-state index in [0.717, 1.165) is 12.0 Å². The number of rotatable bonds is 7. The van der Waals surface area contributed by atoms with Crippen LogP contribution in [0, 0.1) is 5.92 Å². The Morgan fingerprint density at radius 2 is 1.76 bits per heavy atom. The fourth-order valence-electron chi connectivity index (χ4n) is 2.07. The fourth-order valence-corrected chi connectivity index (χ4v) is 2.07. The largest absolute Gasteiger partial charge is 0.354 e. The van der Waals surface area contributed by atoms with Crippen LogP contribution in [0.1, 0.15) is 39.7 Å². The molecule has 4 nitrogen and oxygen atoms in total. The van der Waals surface area contributed by atoms with Crippen LogP contribution in [0.4, 0.5) is 0 Å². The van der Waals surface area contributed by atoms with Crippen molar-refractivity contribution in [2.75, 3.05) is 6.54 Å². The minimum absolute atomic E-state index is 0.0923. The van der Waals surface area contributed by atoms with E-state index >= 15 is 0 Å². The van der Waals surface area contributed by atoms with Crippen molar-refractivity contribution in [3.8, 4) is 0 Å². The first kappa shape index (κ1) is 17.2. The summed E-state index contributed by atoms with van der Waals surface area (Å²) < 4.78 is 0. The van der Waals surface area contributed by atoms with Crippen LogP contribution in [0.2, 0.25) is 0 Å². The van der Waals surface area contributed by atoms with E-state index in [-0.39, 0.29) is 11.8 Å². The monoisotopic (exact) mass is 290 g/mol. The highest BCUT2D eigenvalue weighted by atomic mass is 16.2.